The lowest BCUT2D eigenvalue weighted by Crippen LogP contribution is -2.42. The number of furan rings is 1. The van der Waals surface area contributed by atoms with Crippen molar-refractivity contribution in [3.05, 3.63) is 65.5 Å². The summed E-state index contributed by atoms with van der Waals surface area (Å²) in [5.74, 6) is -6.58. The second-order valence-corrected chi connectivity index (χ2v) is 8.26. The summed E-state index contributed by atoms with van der Waals surface area (Å²) >= 11 is 0. The number of pyridine rings is 1. The van der Waals surface area contributed by atoms with E-state index >= 15 is 0 Å². The van der Waals surface area contributed by atoms with E-state index in [1.165, 1.54) is 50.6 Å². The molecule has 0 atom stereocenters. The molecule has 1 amide bonds. The number of ether oxygens (including phenoxy) is 1. The van der Waals surface area contributed by atoms with Crippen LogP contribution in [0.5, 0.6) is 5.75 Å². The van der Waals surface area contributed by atoms with Crippen LogP contribution in [0.3, 0.4) is 0 Å². The molecule has 4 rings (SSSR count). The topological polar surface area (TPSA) is 93.5 Å². The number of halogens is 6. The fraction of sp³-hybridized carbons (Fsp3) is 0.192. The maximum Gasteiger partial charge on any atom is 0.455 e. The van der Waals surface area contributed by atoms with Gasteiger partial charge in [0.15, 0.2) is 6.29 Å². The molecule has 2 aromatic heterocycles. The average Bonchev–Trinajstić information content (AvgIpc) is 3.28. The first-order valence-electron chi connectivity index (χ1n) is 11.2. The monoisotopic (exact) mass is 551 g/mol. The summed E-state index contributed by atoms with van der Waals surface area (Å²) in [6.45, 7) is -1.85. The number of carbonyl (C=O) groups excluding carboxylic acids is 2. The largest absolute Gasteiger partial charge is 0.496 e. The van der Waals surface area contributed by atoms with Crippen LogP contribution in [-0.2, 0) is 0 Å². The van der Waals surface area contributed by atoms with Gasteiger partial charge in [0.2, 0.25) is 5.71 Å². The van der Waals surface area contributed by atoms with Gasteiger partial charge >= 0.3 is 12.1 Å². The van der Waals surface area contributed by atoms with E-state index in [1.54, 1.807) is 0 Å². The lowest BCUT2D eigenvalue weighted by Gasteiger charge is -2.21. The molecule has 0 unspecified atom stereocenters. The highest BCUT2D eigenvalue weighted by Gasteiger charge is 2.57. The van der Waals surface area contributed by atoms with Crippen LogP contribution < -0.4 is 15.4 Å². The van der Waals surface area contributed by atoms with Crippen LogP contribution in [0.2, 0.25) is 0 Å². The molecule has 4 aromatic rings. The molecule has 0 saturated heterocycles. The molecule has 0 aliphatic rings. The Balaban J connectivity index is 1.97. The van der Waals surface area contributed by atoms with Crippen LogP contribution in [0.1, 0.15) is 20.7 Å². The van der Waals surface area contributed by atoms with Gasteiger partial charge in [-0.1, -0.05) is 6.07 Å². The van der Waals surface area contributed by atoms with E-state index in [-0.39, 0.29) is 50.4 Å². The Morgan fingerprint density at radius 3 is 2.31 bits per heavy atom. The minimum atomic E-state index is -5.83. The van der Waals surface area contributed by atoms with Crippen molar-refractivity contribution < 1.29 is 45.1 Å². The van der Waals surface area contributed by atoms with Gasteiger partial charge in [-0.2, -0.15) is 26.9 Å². The number of nitrogens with zero attached hydrogens (tertiary/aromatic N) is 1. The zero-order valence-electron chi connectivity index (χ0n) is 20.3. The molecule has 0 saturated carbocycles. The Hall–Kier alpha value is -4.55. The number of alkyl halides is 5. The van der Waals surface area contributed by atoms with Crippen LogP contribution >= 0.6 is 0 Å². The Morgan fingerprint density at radius 1 is 1.05 bits per heavy atom. The highest BCUT2D eigenvalue weighted by Crippen LogP contribution is 2.40. The van der Waals surface area contributed by atoms with Gasteiger partial charge < -0.3 is 19.8 Å². The first-order chi connectivity index (χ1) is 18.4. The van der Waals surface area contributed by atoms with Crippen molar-refractivity contribution in [1.29, 1.82) is 0 Å². The summed E-state index contributed by atoms with van der Waals surface area (Å²) in [6.07, 6.45) is -5.36. The molecular weight excluding hydrogens is 532 g/mol. The van der Waals surface area contributed by atoms with E-state index in [2.05, 4.69) is 10.3 Å². The molecule has 13 heteroatoms. The SMILES string of the molecule is CNC(=O)c1c(-c2ccc(F)cc2)oc2nc(NCC(F)(F)C(F)(F)F)c(-c3ccc(OC)c(C=O)c3)cc12. The van der Waals surface area contributed by atoms with Gasteiger partial charge in [0.05, 0.1) is 30.2 Å². The molecule has 0 aliphatic carbocycles. The van der Waals surface area contributed by atoms with E-state index < -0.39 is 36.2 Å². The number of aldehydes is 1. The predicted octanol–water partition coefficient (Wildman–Crippen LogP) is 6.09. The maximum atomic E-state index is 13.8. The fourth-order valence-electron chi connectivity index (χ4n) is 3.82. The molecule has 0 fully saturated rings. The van der Waals surface area contributed by atoms with Gasteiger partial charge in [0, 0.05) is 18.2 Å². The van der Waals surface area contributed by atoms with E-state index in [0.717, 1.165) is 12.1 Å². The van der Waals surface area contributed by atoms with E-state index in [4.69, 9.17) is 9.15 Å². The highest BCUT2D eigenvalue weighted by molar-refractivity contribution is 6.11. The number of hydrogen-bond acceptors (Lipinski definition) is 6. The van der Waals surface area contributed by atoms with Crippen molar-refractivity contribution in [2.75, 3.05) is 26.0 Å². The van der Waals surface area contributed by atoms with Crippen molar-refractivity contribution in [3.63, 3.8) is 0 Å². The van der Waals surface area contributed by atoms with Gasteiger partial charge in [-0.05, 0) is 48.0 Å². The Morgan fingerprint density at radius 2 is 1.72 bits per heavy atom. The fourth-order valence-corrected chi connectivity index (χ4v) is 3.82. The number of amides is 1. The summed E-state index contributed by atoms with van der Waals surface area (Å²) in [5.41, 5.74) is 0.218. The van der Waals surface area contributed by atoms with E-state index in [9.17, 15) is 35.9 Å². The second-order valence-electron chi connectivity index (χ2n) is 8.26. The Bertz CT molecular complexity index is 1550. The van der Waals surface area contributed by atoms with Crippen molar-refractivity contribution in [1.82, 2.24) is 10.3 Å². The first-order valence-corrected chi connectivity index (χ1v) is 11.2. The Labute approximate surface area is 216 Å². The highest BCUT2D eigenvalue weighted by atomic mass is 19.4. The smallest absolute Gasteiger partial charge is 0.455 e. The number of fused-ring (bicyclic) bond motifs is 1. The summed E-state index contributed by atoms with van der Waals surface area (Å²) in [7, 11) is 2.67. The number of benzene rings is 2. The van der Waals surface area contributed by atoms with Gasteiger partial charge in [0.1, 0.15) is 23.1 Å². The minimum Gasteiger partial charge on any atom is -0.496 e. The first kappa shape index (κ1) is 27.5. The molecular formula is C26H19F6N3O4. The molecule has 204 valence electrons. The number of rotatable bonds is 8. The van der Waals surface area contributed by atoms with Crippen molar-refractivity contribution >= 4 is 29.1 Å². The number of methoxy groups -OCH3 is 1. The molecule has 0 radical (unpaired) electrons. The van der Waals surface area contributed by atoms with Gasteiger partial charge in [-0.25, -0.2) is 4.39 Å². The van der Waals surface area contributed by atoms with Crippen molar-refractivity contribution in [2.45, 2.75) is 12.1 Å². The van der Waals surface area contributed by atoms with Crippen molar-refractivity contribution in [3.8, 4) is 28.2 Å². The van der Waals surface area contributed by atoms with E-state index in [1.807, 2.05) is 5.32 Å². The third kappa shape index (κ3) is 5.24. The van der Waals surface area contributed by atoms with Crippen molar-refractivity contribution in [2.24, 2.45) is 0 Å². The molecule has 0 aliphatic heterocycles. The summed E-state index contributed by atoms with van der Waals surface area (Å²) in [4.78, 5) is 28.6. The molecule has 0 bridgehead atoms. The quantitative estimate of drug-likeness (QED) is 0.203. The summed E-state index contributed by atoms with van der Waals surface area (Å²) in [6, 6.07) is 10.4. The molecule has 7 nitrogen and oxygen atoms in total. The normalized spacial score (nSPS) is 11.9. The predicted molar refractivity (Wildman–Crippen MR) is 130 cm³/mol. The molecule has 2 heterocycles. The Kier molecular flexibility index (Phi) is 7.27. The van der Waals surface area contributed by atoms with Gasteiger partial charge in [0.25, 0.3) is 5.91 Å². The number of hydrogen-bond donors (Lipinski definition) is 2. The molecule has 0 spiro atoms. The van der Waals surface area contributed by atoms with Crippen LogP contribution in [0.15, 0.2) is 52.9 Å². The standard InChI is InChI=1S/C26H19F6N3O4/c1-33-23(37)20-18-10-17(14-5-8-19(38-2)15(9-14)11-36)22(34-12-25(28,29)26(30,31)32)35-24(18)39-21(20)13-3-6-16(27)7-4-13/h3-11H,12H2,1-2H3,(H,33,37)(H,34,35). The van der Waals surface area contributed by atoms with E-state index in [0.29, 0.717) is 6.29 Å². The average molecular weight is 551 g/mol. The minimum absolute atomic E-state index is 0.0113. The third-order valence-electron chi connectivity index (χ3n) is 5.80. The zero-order valence-corrected chi connectivity index (χ0v) is 20.3. The van der Waals surface area contributed by atoms with Crippen LogP contribution in [0.25, 0.3) is 33.6 Å². The van der Waals surface area contributed by atoms with Crippen LogP contribution in [0, 0.1) is 5.82 Å². The molecule has 39 heavy (non-hydrogen) atoms. The zero-order chi connectivity index (χ0) is 28.5. The van der Waals surface area contributed by atoms with Crippen LogP contribution in [0.4, 0.5) is 32.2 Å². The molecule has 2 N–H and O–H groups in total. The number of aromatic nitrogens is 1. The summed E-state index contributed by atoms with van der Waals surface area (Å²) in [5, 5.41) is 4.56. The van der Waals surface area contributed by atoms with Crippen LogP contribution in [-0.4, -0.2) is 50.0 Å². The summed E-state index contributed by atoms with van der Waals surface area (Å²) < 4.78 is 90.4. The maximum absolute atomic E-state index is 13.8. The number of nitrogens with one attached hydrogen (secondary N) is 2. The second kappa shape index (κ2) is 10.3. The lowest BCUT2D eigenvalue weighted by molar-refractivity contribution is -0.275. The van der Waals surface area contributed by atoms with Gasteiger partial charge in [-0.3, -0.25) is 9.59 Å². The number of anilines is 1. The van der Waals surface area contributed by atoms with Gasteiger partial charge in [-0.15, -0.1) is 0 Å². The number of carbonyl (C=O) groups is 2. The third-order valence-corrected chi connectivity index (χ3v) is 5.80. The lowest BCUT2D eigenvalue weighted by atomic mass is 10.00. The molecule has 2 aromatic carbocycles.